The number of hydrogen-bond acceptors (Lipinski definition) is 2. The van der Waals surface area contributed by atoms with Crippen LogP contribution < -0.4 is 5.73 Å². The van der Waals surface area contributed by atoms with Gasteiger partial charge in [0.15, 0.2) is 5.78 Å². The molecular weight excluding hydrogens is 193 g/mol. The zero-order chi connectivity index (χ0) is 10.8. The van der Waals surface area contributed by atoms with Crippen molar-refractivity contribution >= 4 is 5.78 Å². The summed E-state index contributed by atoms with van der Waals surface area (Å²) in [4.78, 5) is 11.8. The van der Waals surface area contributed by atoms with E-state index in [-0.39, 0.29) is 11.6 Å². The Bertz CT molecular complexity index is 374. The summed E-state index contributed by atoms with van der Waals surface area (Å²) in [5.74, 6) is -0.235. The molecule has 1 unspecified atom stereocenters. The molecule has 80 valence electrons. The minimum Gasteiger partial charge on any atom is -0.321 e. The van der Waals surface area contributed by atoms with E-state index in [1.54, 1.807) is 6.07 Å². The molecule has 1 aromatic carbocycles. The first-order valence-electron chi connectivity index (χ1n) is 5.24. The van der Waals surface area contributed by atoms with E-state index < -0.39 is 6.04 Å². The van der Waals surface area contributed by atoms with Gasteiger partial charge in [0.05, 0.1) is 6.04 Å². The van der Waals surface area contributed by atoms with Crippen LogP contribution in [0.25, 0.3) is 0 Å². The lowest BCUT2D eigenvalue weighted by Crippen LogP contribution is -2.41. The summed E-state index contributed by atoms with van der Waals surface area (Å²) in [6, 6.07) is 5.27. The van der Waals surface area contributed by atoms with E-state index in [4.69, 9.17) is 5.73 Å². The molecule has 0 saturated heterocycles. The van der Waals surface area contributed by atoms with Crippen LogP contribution in [0, 0.1) is 11.7 Å². The molecule has 1 aromatic rings. The van der Waals surface area contributed by atoms with E-state index in [0.29, 0.717) is 11.5 Å². The van der Waals surface area contributed by atoms with E-state index >= 15 is 0 Å². The Kier molecular flexibility index (Phi) is 2.82. The Morgan fingerprint density at radius 3 is 2.73 bits per heavy atom. The lowest BCUT2D eigenvalue weighted by molar-refractivity contribution is 0.0896. The van der Waals surface area contributed by atoms with Gasteiger partial charge in [0, 0.05) is 5.56 Å². The zero-order valence-corrected chi connectivity index (χ0v) is 8.45. The van der Waals surface area contributed by atoms with Crippen molar-refractivity contribution in [3.8, 4) is 0 Å². The van der Waals surface area contributed by atoms with Crippen molar-refractivity contribution in [2.24, 2.45) is 11.7 Å². The highest BCUT2D eigenvalue weighted by Gasteiger charge is 2.29. The lowest BCUT2D eigenvalue weighted by atomic mass is 9.77. The molecule has 1 aliphatic carbocycles. The molecule has 1 fully saturated rings. The lowest BCUT2D eigenvalue weighted by Gasteiger charge is -2.30. The van der Waals surface area contributed by atoms with Crippen LogP contribution in [0.3, 0.4) is 0 Å². The third kappa shape index (κ3) is 2.07. The maximum atomic E-state index is 12.9. The minimum atomic E-state index is -0.458. The van der Waals surface area contributed by atoms with Crippen molar-refractivity contribution in [1.29, 1.82) is 0 Å². The number of hydrogen-bond donors (Lipinski definition) is 1. The standard InChI is InChI=1S/C12H14FNO/c13-10-6-2-5-9(7-10)12(15)11(14)8-3-1-4-8/h2,5-8,11H,1,3-4,14H2. The van der Waals surface area contributed by atoms with Crippen molar-refractivity contribution in [3.63, 3.8) is 0 Å². The van der Waals surface area contributed by atoms with Crippen LogP contribution in [-0.2, 0) is 0 Å². The molecule has 0 spiro atoms. The quantitative estimate of drug-likeness (QED) is 0.771. The maximum absolute atomic E-state index is 12.9. The summed E-state index contributed by atoms with van der Waals surface area (Å²) in [5.41, 5.74) is 6.22. The van der Waals surface area contributed by atoms with Crippen LogP contribution in [0.5, 0.6) is 0 Å². The second kappa shape index (κ2) is 4.11. The number of rotatable bonds is 3. The van der Waals surface area contributed by atoms with Crippen molar-refractivity contribution < 1.29 is 9.18 Å². The van der Waals surface area contributed by atoms with Gasteiger partial charge in [-0.2, -0.15) is 0 Å². The predicted molar refractivity (Wildman–Crippen MR) is 56.0 cm³/mol. The Hall–Kier alpha value is -1.22. The fourth-order valence-electron chi connectivity index (χ4n) is 1.85. The van der Waals surface area contributed by atoms with Crippen LogP contribution in [0.2, 0.25) is 0 Å². The Labute approximate surface area is 88.3 Å². The second-order valence-corrected chi connectivity index (χ2v) is 4.09. The van der Waals surface area contributed by atoms with Crippen LogP contribution in [-0.4, -0.2) is 11.8 Å². The van der Waals surface area contributed by atoms with Gasteiger partial charge in [-0.05, 0) is 30.9 Å². The summed E-state index contributed by atoms with van der Waals surface area (Å²) < 4.78 is 12.9. The number of ketones is 1. The number of carbonyl (C=O) groups excluding carboxylic acids is 1. The highest BCUT2D eigenvalue weighted by atomic mass is 19.1. The average Bonchev–Trinajstić information content (AvgIpc) is 2.14. The minimum absolute atomic E-state index is 0.140. The summed E-state index contributed by atoms with van der Waals surface area (Å²) in [5, 5.41) is 0. The summed E-state index contributed by atoms with van der Waals surface area (Å²) in [6.07, 6.45) is 3.18. The summed E-state index contributed by atoms with van der Waals surface area (Å²) in [6.45, 7) is 0. The number of nitrogens with two attached hydrogens (primary N) is 1. The van der Waals surface area contributed by atoms with E-state index in [9.17, 15) is 9.18 Å². The number of Topliss-reactive ketones (excluding diaryl/α,β-unsaturated/α-hetero) is 1. The van der Waals surface area contributed by atoms with Crippen LogP contribution in [0.4, 0.5) is 4.39 Å². The maximum Gasteiger partial charge on any atom is 0.179 e. The van der Waals surface area contributed by atoms with Gasteiger partial charge >= 0.3 is 0 Å². The smallest absolute Gasteiger partial charge is 0.179 e. The summed E-state index contributed by atoms with van der Waals surface area (Å²) in [7, 11) is 0. The molecule has 3 heteroatoms. The molecular formula is C12H14FNO. The number of halogens is 1. The fourth-order valence-corrected chi connectivity index (χ4v) is 1.85. The monoisotopic (exact) mass is 207 g/mol. The highest BCUT2D eigenvalue weighted by molar-refractivity contribution is 6.00. The van der Waals surface area contributed by atoms with Gasteiger partial charge in [-0.1, -0.05) is 18.6 Å². The molecule has 0 amide bonds. The SMILES string of the molecule is NC(C(=O)c1cccc(F)c1)C1CCC1. The van der Waals surface area contributed by atoms with Crippen LogP contribution >= 0.6 is 0 Å². The molecule has 1 saturated carbocycles. The Morgan fingerprint density at radius 1 is 1.47 bits per heavy atom. The van der Waals surface area contributed by atoms with Gasteiger partial charge in [-0.3, -0.25) is 4.79 Å². The molecule has 1 atom stereocenters. The van der Waals surface area contributed by atoms with Crippen molar-refractivity contribution in [2.45, 2.75) is 25.3 Å². The van der Waals surface area contributed by atoms with Crippen LogP contribution in [0.1, 0.15) is 29.6 Å². The molecule has 0 heterocycles. The molecule has 1 aliphatic rings. The Balaban J connectivity index is 2.12. The normalized spacial score (nSPS) is 18.3. The van der Waals surface area contributed by atoms with Gasteiger partial charge in [-0.15, -0.1) is 0 Å². The van der Waals surface area contributed by atoms with E-state index in [1.807, 2.05) is 0 Å². The molecule has 0 radical (unpaired) electrons. The van der Waals surface area contributed by atoms with Crippen molar-refractivity contribution in [1.82, 2.24) is 0 Å². The highest BCUT2D eigenvalue weighted by Crippen LogP contribution is 2.29. The van der Waals surface area contributed by atoms with Crippen LogP contribution in [0.15, 0.2) is 24.3 Å². The first-order chi connectivity index (χ1) is 7.18. The third-order valence-corrected chi connectivity index (χ3v) is 3.07. The van der Waals surface area contributed by atoms with Gasteiger partial charge < -0.3 is 5.73 Å². The van der Waals surface area contributed by atoms with Gasteiger partial charge in [0.25, 0.3) is 0 Å². The topological polar surface area (TPSA) is 43.1 Å². The largest absolute Gasteiger partial charge is 0.321 e. The first kappa shape index (κ1) is 10.3. The van der Waals surface area contributed by atoms with E-state index in [1.165, 1.54) is 18.2 Å². The fraction of sp³-hybridized carbons (Fsp3) is 0.417. The molecule has 0 aromatic heterocycles. The average molecular weight is 207 g/mol. The summed E-state index contributed by atoms with van der Waals surface area (Å²) >= 11 is 0. The molecule has 2 rings (SSSR count). The van der Waals surface area contributed by atoms with Crippen molar-refractivity contribution in [2.75, 3.05) is 0 Å². The first-order valence-corrected chi connectivity index (χ1v) is 5.24. The van der Waals surface area contributed by atoms with Gasteiger partial charge in [-0.25, -0.2) is 4.39 Å². The molecule has 2 nitrogen and oxygen atoms in total. The second-order valence-electron chi connectivity index (χ2n) is 4.09. The third-order valence-electron chi connectivity index (χ3n) is 3.07. The molecule has 2 N–H and O–H groups in total. The van der Waals surface area contributed by atoms with Gasteiger partial charge in [0.1, 0.15) is 5.82 Å². The predicted octanol–water partition coefficient (Wildman–Crippen LogP) is 2.14. The molecule has 0 bridgehead atoms. The van der Waals surface area contributed by atoms with E-state index in [2.05, 4.69) is 0 Å². The Morgan fingerprint density at radius 2 is 2.20 bits per heavy atom. The molecule has 15 heavy (non-hydrogen) atoms. The van der Waals surface area contributed by atoms with E-state index in [0.717, 1.165) is 19.3 Å². The van der Waals surface area contributed by atoms with Crippen molar-refractivity contribution in [3.05, 3.63) is 35.6 Å². The number of carbonyl (C=O) groups is 1. The van der Waals surface area contributed by atoms with Gasteiger partial charge in [0.2, 0.25) is 0 Å². The zero-order valence-electron chi connectivity index (χ0n) is 8.45. The molecule has 0 aliphatic heterocycles. The number of benzene rings is 1.